The van der Waals surface area contributed by atoms with E-state index in [9.17, 15) is 4.79 Å². The molecule has 0 bridgehead atoms. The van der Waals surface area contributed by atoms with Crippen LogP contribution in [0.4, 0.5) is 0 Å². The van der Waals surface area contributed by atoms with Crippen molar-refractivity contribution in [2.45, 2.75) is 51.1 Å². The fraction of sp³-hybridized carbons (Fsp3) is 0.500. The summed E-state index contributed by atoms with van der Waals surface area (Å²) in [5.41, 5.74) is 1.13. The highest BCUT2D eigenvalue weighted by molar-refractivity contribution is 5.78. The number of hydrogen-bond donors (Lipinski definition) is 1. The van der Waals surface area contributed by atoms with Gasteiger partial charge in [-0.05, 0) is 30.4 Å². The molecule has 1 aromatic carbocycles. The topological polar surface area (TPSA) is 34.0 Å². The van der Waals surface area contributed by atoms with Crippen molar-refractivity contribution >= 4 is 10.9 Å². The monoisotopic (exact) mass is 284 g/mol. The van der Waals surface area contributed by atoms with Crippen molar-refractivity contribution in [3.8, 4) is 0 Å². The molecule has 0 unspecified atom stereocenters. The van der Waals surface area contributed by atoms with Gasteiger partial charge in [0.05, 0.1) is 5.52 Å². The first kappa shape index (κ1) is 14.3. The Morgan fingerprint density at radius 1 is 1.00 bits per heavy atom. The van der Waals surface area contributed by atoms with Crippen LogP contribution in [0.25, 0.3) is 10.9 Å². The maximum absolute atomic E-state index is 12.1. The summed E-state index contributed by atoms with van der Waals surface area (Å²) < 4.78 is 1.89. The number of rotatable bonds is 4. The van der Waals surface area contributed by atoms with Crippen LogP contribution in [-0.4, -0.2) is 17.2 Å². The van der Waals surface area contributed by atoms with Crippen LogP contribution in [0.5, 0.6) is 0 Å². The average Bonchev–Trinajstić information content (AvgIpc) is 2.78. The smallest absolute Gasteiger partial charge is 0.251 e. The van der Waals surface area contributed by atoms with E-state index in [0.717, 1.165) is 24.0 Å². The molecular formula is C18H24N2O. The Bertz CT molecular complexity index is 639. The van der Waals surface area contributed by atoms with E-state index in [4.69, 9.17) is 0 Å². The molecule has 2 aromatic rings. The maximum atomic E-state index is 12.1. The number of pyridine rings is 1. The van der Waals surface area contributed by atoms with Crippen molar-refractivity contribution < 1.29 is 0 Å². The lowest BCUT2D eigenvalue weighted by molar-refractivity contribution is 0.445. The molecule has 0 aliphatic heterocycles. The van der Waals surface area contributed by atoms with E-state index >= 15 is 0 Å². The summed E-state index contributed by atoms with van der Waals surface area (Å²) in [6.45, 7) is 1.62. The van der Waals surface area contributed by atoms with Crippen LogP contribution in [0, 0.1) is 0 Å². The molecule has 1 aromatic heterocycles. The van der Waals surface area contributed by atoms with Crippen LogP contribution < -0.4 is 10.9 Å². The molecule has 0 saturated heterocycles. The van der Waals surface area contributed by atoms with Crippen LogP contribution in [0.2, 0.25) is 0 Å². The van der Waals surface area contributed by atoms with Crippen LogP contribution >= 0.6 is 0 Å². The van der Waals surface area contributed by atoms with Gasteiger partial charge in [0.15, 0.2) is 0 Å². The normalized spacial score (nSPS) is 17.0. The first-order valence-electron chi connectivity index (χ1n) is 8.16. The number of fused-ring (bicyclic) bond motifs is 1. The van der Waals surface area contributed by atoms with Crippen molar-refractivity contribution in [2.24, 2.45) is 0 Å². The molecule has 1 aliphatic carbocycles. The number of nitrogens with one attached hydrogen (secondary N) is 1. The van der Waals surface area contributed by atoms with E-state index in [1.54, 1.807) is 6.07 Å². The Kier molecular flexibility index (Phi) is 4.71. The SMILES string of the molecule is O=c1ccc2ccccc2n1CCNC1CCCCCC1. The molecule has 3 heteroatoms. The summed E-state index contributed by atoms with van der Waals surface area (Å²) in [4.78, 5) is 12.1. The lowest BCUT2D eigenvalue weighted by Gasteiger charge is -2.17. The number of hydrogen-bond acceptors (Lipinski definition) is 2. The third kappa shape index (κ3) is 3.53. The maximum Gasteiger partial charge on any atom is 0.251 e. The van der Waals surface area contributed by atoms with E-state index < -0.39 is 0 Å². The van der Waals surface area contributed by atoms with Gasteiger partial charge in [-0.15, -0.1) is 0 Å². The van der Waals surface area contributed by atoms with Gasteiger partial charge in [0, 0.05) is 25.2 Å². The highest BCUT2D eigenvalue weighted by Crippen LogP contribution is 2.17. The molecule has 1 saturated carbocycles. The highest BCUT2D eigenvalue weighted by Gasteiger charge is 2.11. The van der Waals surface area contributed by atoms with Crippen LogP contribution in [-0.2, 0) is 6.54 Å². The minimum atomic E-state index is 0.0939. The number of nitrogens with zero attached hydrogens (tertiary/aromatic N) is 1. The van der Waals surface area contributed by atoms with Gasteiger partial charge in [-0.25, -0.2) is 0 Å². The molecule has 112 valence electrons. The molecule has 0 spiro atoms. The number of aromatic nitrogens is 1. The van der Waals surface area contributed by atoms with Crippen LogP contribution in [0.15, 0.2) is 41.2 Å². The lowest BCUT2D eigenvalue weighted by atomic mass is 10.1. The minimum Gasteiger partial charge on any atom is -0.312 e. The summed E-state index contributed by atoms with van der Waals surface area (Å²) in [6, 6.07) is 12.3. The van der Waals surface area contributed by atoms with Gasteiger partial charge in [-0.3, -0.25) is 4.79 Å². The van der Waals surface area contributed by atoms with Crippen LogP contribution in [0.3, 0.4) is 0 Å². The molecule has 1 N–H and O–H groups in total. The van der Waals surface area contributed by atoms with Crippen molar-refractivity contribution in [1.29, 1.82) is 0 Å². The molecule has 1 aliphatic rings. The van der Waals surface area contributed by atoms with Crippen molar-refractivity contribution in [3.63, 3.8) is 0 Å². The van der Waals surface area contributed by atoms with Gasteiger partial charge in [-0.2, -0.15) is 0 Å². The van der Waals surface area contributed by atoms with Gasteiger partial charge in [-0.1, -0.05) is 43.9 Å². The fourth-order valence-corrected chi connectivity index (χ4v) is 3.34. The lowest BCUT2D eigenvalue weighted by Crippen LogP contribution is -2.33. The van der Waals surface area contributed by atoms with E-state index in [-0.39, 0.29) is 5.56 Å². The second kappa shape index (κ2) is 6.90. The first-order chi connectivity index (χ1) is 10.3. The van der Waals surface area contributed by atoms with Gasteiger partial charge >= 0.3 is 0 Å². The Hall–Kier alpha value is -1.61. The van der Waals surface area contributed by atoms with Gasteiger partial charge < -0.3 is 9.88 Å². The summed E-state index contributed by atoms with van der Waals surface area (Å²) in [6.07, 6.45) is 7.99. The highest BCUT2D eigenvalue weighted by atomic mass is 16.1. The minimum absolute atomic E-state index is 0.0939. The largest absolute Gasteiger partial charge is 0.312 e. The summed E-state index contributed by atoms with van der Waals surface area (Å²) in [5.74, 6) is 0. The Balaban J connectivity index is 1.67. The third-order valence-electron chi connectivity index (χ3n) is 4.52. The number of para-hydroxylation sites is 1. The second-order valence-electron chi connectivity index (χ2n) is 6.02. The zero-order valence-electron chi connectivity index (χ0n) is 12.6. The molecular weight excluding hydrogens is 260 g/mol. The van der Waals surface area contributed by atoms with E-state index in [2.05, 4.69) is 11.4 Å². The Morgan fingerprint density at radius 3 is 2.57 bits per heavy atom. The molecule has 0 amide bonds. The zero-order chi connectivity index (χ0) is 14.5. The molecule has 3 nitrogen and oxygen atoms in total. The second-order valence-corrected chi connectivity index (χ2v) is 6.02. The van der Waals surface area contributed by atoms with E-state index in [1.165, 1.54) is 38.5 Å². The molecule has 1 heterocycles. The third-order valence-corrected chi connectivity index (χ3v) is 4.52. The average molecular weight is 284 g/mol. The molecule has 21 heavy (non-hydrogen) atoms. The zero-order valence-corrected chi connectivity index (χ0v) is 12.6. The molecule has 1 fully saturated rings. The van der Waals surface area contributed by atoms with Crippen molar-refractivity contribution in [2.75, 3.05) is 6.54 Å². The van der Waals surface area contributed by atoms with E-state index in [0.29, 0.717) is 6.04 Å². The van der Waals surface area contributed by atoms with Gasteiger partial charge in [0.1, 0.15) is 0 Å². The Morgan fingerprint density at radius 2 is 1.76 bits per heavy atom. The first-order valence-corrected chi connectivity index (χ1v) is 8.16. The summed E-state index contributed by atoms with van der Waals surface area (Å²) >= 11 is 0. The quantitative estimate of drug-likeness (QED) is 0.874. The summed E-state index contributed by atoms with van der Waals surface area (Å²) in [5, 5.41) is 4.77. The van der Waals surface area contributed by atoms with Gasteiger partial charge in [0.2, 0.25) is 0 Å². The van der Waals surface area contributed by atoms with Gasteiger partial charge in [0.25, 0.3) is 5.56 Å². The van der Waals surface area contributed by atoms with Crippen LogP contribution in [0.1, 0.15) is 38.5 Å². The predicted octanol–water partition coefficient (Wildman–Crippen LogP) is 3.31. The van der Waals surface area contributed by atoms with Crippen molar-refractivity contribution in [1.82, 2.24) is 9.88 Å². The van der Waals surface area contributed by atoms with Crippen molar-refractivity contribution in [3.05, 3.63) is 46.8 Å². The standard InChI is InChI=1S/C18H24N2O/c21-18-12-11-15-7-5-6-10-17(15)20(18)14-13-19-16-8-3-1-2-4-9-16/h5-7,10-12,16,19H,1-4,8-9,13-14H2. The number of benzene rings is 1. The molecule has 0 atom stereocenters. The fourth-order valence-electron chi connectivity index (χ4n) is 3.34. The Labute approximate surface area is 126 Å². The predicted molar refractivity (Wildman–Crippen MR) is 87.7 cm³/mol. The van der Waals surface area contributed by atoms with E-state index in [1.807, 2.05) is 28.8 Å². The summed E-state index contributed by atoms with van der Waals surface area (Å²) in [7, 11) is 0. The molecule has 0 radical (unpaired) electrons. The molecule has 3 rings (SSSR count).